The van der Waals surface area contributed by atoms with Crippen molar-refractivity contribution in [2.45, 2.75) is 25.4 Å². The van der Waals surface area contributed by atoms with Crippen LogP contribution in [0.15, 0.2) is 42.5 Å². The van der Waals surface area contributed by atoms with Gasteiger partial charge in [0, 0.05) is 18.2 Å². The SMILES string of the molecule is COc1ccc(-c2cc(CNC3CC3)ccc2F)cc1. The van der Waals surface area contributed by atoms with Gasteiger partial charge in [-0.05, 0) is 48.2 Å². The summed E-state index contributed by atoms with van der Waals surface area (Å²) in [6, 6.07) is 13.4. The van der Waals surface area contributed by atoms with E-state index in [2.05, 4.69) is 5.32 Å². The Kier molecular flexibility index (Phi) is 3.70. The maximum atomic E-state index is 14.0. The topological polar surface area (TPSA) is 21.3 Å². The summed E-state index contributed by atoms with van der Waals surface area (Å²) in [4.78, 5) is 0. The van der Waals surface area contributed by atoms with Crippen LogP contribution in [0.25, 0.3) is 11.1 Å². The fraction of sp³-hybridized carbons (Fsp3) is 0.294. The highest BCUT2D eigenvalue weighted by Gasteiger charge is 2.20. The molecule has 1 fully saturated rings. The monoisotopic (exact) mass is 271 g/mol. The first kappa shape index (κ1) is 13.1. The normalized spacial score (nSPS) is 14.3. The Bertz CT molecular complexity index is 590. The van der Waals surface area contributed by atoms with Crippen LogP contribution in [0.2, 0.25) is 0 Å². The minimum Gasteiger partial charge on any atom is -0.497 e. The molecule has 2 aromatic rings. The van der Waals surface area contributed by atoms with Gasteiger partial charge in [-0.1, -0.05) is 18.2 Å². The molecule has 0 aliphatic heterocycles. The molecule has 0 radical (unpaired) electrons. The quantitative estimate of drug-likeness (QED) is 0.894. The number of halogens is 1. The van der Waals surface area contributed by atoms with Crippen molar-refractivity contribution in [2.75, 3.05) is 7.11 Å². The predicted molar refractivity (Wildman–Crippen MR) is 78.2 cm³/mol. The van der Waals surface area contributed by atoms with Crippen LogP contribution in [0.5, 0.6) is 5.75 Å². The lowest BCUT2D eigenvalue weighted by Crippen LogP contribution is -2.15. The van der Waals surface area contributed by atoms with Gasteiger partial charge in [0.2, 0.25) is 0 Å². The molecule has 0 bridgehead atoms. The number of hydrogen-bond donors (Lipinski definition) is 1. The molecular weight excluding hydrogens is 253 g/mol. The summed E-state index contributed by atoms with van der Waals surface area (Å²) in [5.74, 6) is 0.589. The Labute approximate surface area is 118 Å². The molecule has 0 spiro atoms. The maximum absolute atomic E-state index is 14.0. The van der Waals surface area contributed by atoms with Crippen LogP contribution >= 0.6 is 0 Å². The van der Waals surface area contributed by atoms with Crippen LogP contribution in [-0.4, -0.2) is 13.2 Å². The van der Waals surface area contributed by atoms with Gasteiger partial charge in [-0.15, -0.1) is 0 Å². The van der Waals surface area contributed by atoms with Crippen LogP contribution in [-0.2, 0) is 6.54 Å². The van der Waals surface area contributed by atoms with Crippen molar-refractivity contribution < 1.29 is 9.13 Å². The Balaban J connectivity index is 1.83. The van der Waals surface area contributed by atoms with Gasteiger partial charge in [-0.25, -0.2) is 4.39 Å². The van der Waals surface area contributed by atoms with Gasteiger partial charge < -0.3 is 10.1 Å². The summed E-state index contributed by atoms with van der Waals surface area (Å²) >= 11 is 0. The first-order chi connectivity index (χ1) is 9.76. The summed E-state index contributed by atoms with van der Waals surface area (Å²) in [5, 5.41) is 3.45. The minimum absolute atomic E-state index is 0.190. The maximum Gasteiger partial charge on any atom is 0.131 e. The van der Waals surface area contributed by atoms with E-state index in [1.165, 1.54) is 12.8 Å². The molecular formula is C17H18FNO. The Morgan fingerprint density at radius 3 is 2.55 bits per heavy atom. The van der Waals surface area contributed by atoms with E-state index in [4.69, 9.17) is 4.74 Å². The number of benzene rings is 2. The largest absolute Gasteiger partial charge is 0.497 e. The van der Waals surface area contributed by atoms with E-state index in [0.29, 0.717) is 11.6 Å². The third-order valence-corrected chi connectivity index (χ3v) is 3.60. The smallest absolute Gasteiger partial charge is 0.131 e. The van der Waals surface area contributed by atoms with E-state index in [0.717, 1.165) is 23.4 Å². The summed E-state index contributed by atoms with van der Waals surface area (Å²) in [6.45, 7) is 0.800. The highest BCUT2D eigenvalue weighted by atomic mass is 19.1. The third kappa shape index (κ3) is 2.99. The molecule has 1 N–H and O–H groups in total. The predicted octanol–water partition coefficient (Wildman–Crippen LogP) is 3.75. The molecule has 0 atom stereocenters. The van der Waals surface area contributed by atoms with Crippen molar-refractivity contribution in [3.63, 3.8) is 0 Å². The van der Waals surface area contributed by atoms with Crippen molar-refractivity contribution >= 4 is 0 Å². The molecule has 1 aliphatic rings. The summed E-state index contributed by atoms with van der Waals surface area (Å²) in [5.41, 5.74) is 2.63. The van der Waals surface area contributed by atoms with Crippen LogP contribution in [0, 0.1) is 5.82 Å². The summed E-state index contributed by atoms with van der Waals surface area (Å²) < 4.78 is 19.1. The summed E-state index contributed by atoms with van der Waals surface area (Å²) in [6.07, 6.45) is 2.51. The molecule has 3 heteroatoms. The zero-order valence-electron chi connectivity index (χ0n) is 11.5. The lowest BCUT2D eigenvalue weighted by molar-refractivity contribution is 0.415. The van der Waals surface area contributed by atoms with Gasteiger partial charge in [0.1, 0.15) is 11.6 Å². The van der Waals surface area contributed by atoms with E-state index in [9.17, 15) is 4.39 Å². The molecule has 0 unspecified atom stereocenters. The van der Waals surface area contributed by atoms with Crippen molar-refractivity contribution in [2.24, 2.45) is 0 Å². The Hall–Kier alpha value is -1.87. The fourth-order valence-corrected chi connectivity index (χ4v) is 2.22. The van der Waals surface area contributed by atoms with Crippen molar-refractivity contribution in [3.8, 4) is 16.9 Å². The van der Waals surface area contributed by atoms with Crippen molar-refractivity contribution in [1.82, 2.24) is 5.32 Å². The molecule has 2 nitrogen and oxygen atoms in total. The standard InChI is InChI=1S/C17H18FNO/c1-20-15-7-3-13(4-8-15)16-10-12(2-9-17(16)18)11-19-14-5-6-14/h2-4,7-10,14,19H,5-6,11H2,1H3. The van der Waals surface area contributed by atoms with Gasteiger partial charge in [-0.2, -0.15) is 0 Å². The van der Waals surface area contributed by atoms with Crippen LogP contribution in [0.3, 0.4) is 0 Å². The van der Waals surface area contributed by atoms with Gasteiger partial charge in [0.05, 0.1) is 7.11 Å². The highest BCUT2D eigenvalue weighted by Crippen LogP contribution is 2.26. The second kappa shape index (κ2) is 5.63. The molecule has 1 saturated carbocycles. The first-order valence-corrected chi connectivity index (χ1v) is 6.92. The van der Waals surface area contributed by atoms with Gasteiger partial charge >= 0.3 is 0 Å². The second-order valence-corrected chi connectivity index (χ2v) is 5.20. The van der Waals surface area contributed by atoms with Gasteiger partial charge in [0.15, 0.2) is 0 Å². The zero-order valence-corrected chi connectivity index (χ0v) is 11.5. The second-order valence-electron chi connectivity index (χ2n) is 5.20. The minimum atomic E-state index is -0.190. The molecule has 3 rings (SSSR count). The molecule has 20 heavy (non-hydrogen) atoms. The number of methoxy groups -OCH3 is 1. The Morgan fingerprint density at radius 2 is 1.90 bits per heavy atom. The molecule has 0 amide bonds. The highest BCUT2D eigenvalue weighted by molar-refractivity contribution is 5.65. The van der Waals surface area contributed by atoms with Crippen LogP contribution in [0.4, 0.5) is 4.39 Å². The fourth-order valence-electron chi connectivity index (χ4n) is 2.22. The Morgan fingerprint density at radius 1 is 1.15 bits per heavy atom. The molecule has 2 aromatic carbocycles. The zero-order chi connectivity index (χ0) is 13.9. The molecule has 1 aliphatic carbocycles. The molecule has 104 valence electrons. The van der Waals surface area contributed by atoms with Crippen molar-refractivity contribution in [3.05, 3.63) is 53.8 Å². The number of ether oxygens (including phenoxy) is 1. The van der Waals surface area contributed by atoms with E-state index in [1.54, 1.807) is 13.2 Å². The number of rotatable bonds is 5. The third-order valence-electron chi connectivity index (χ3n) is 3.60. The van der Waals surface area contributed by atoms with E-state index >= 15 is 0 Å². The lowest BCUT2D eigenvalue weighted by atomic mass is 10.0. The van der Waals surface area contributed by atoms with Gasteiger partial charge in [0.25, 0.3) is 0 Å². The van der Waals surface area contributed by atoms with E-state index in [-0.39, 0.29) is 5.82 Å². The average Bonchev–Trinajstić information content (AvgIpc) is 3.31. The van der Waals surface area contributed by atoms with Crippen molar-refractivity contribution in [1.29, 1.82) is 0 Å². The van der Waals surface area contributed by atoms with Crippen LogP contribution < -0.4 is 10.1 Å². The van der Waals surface area contributed by atoms with E-state index < -0.39 is 0 Å². The van der Waals surface area contributed by atoms with Gasteiger partial charge in [-0.3, -0.25) is 0 Å². The van der Waals surface area contributed by atoms with Crippen LogP contribution in [0.1, 0.15) is 18.4 Å². The number of hydrogen-bond acceptors (Lipinski definition) is 2. The molecule has 0 saturated heterocycles. The average molecular weight is 271 g/mol. The lowest BCUT2D eigenvalue weighted by Gasteiger charge is -2.09. The van der Waals surface area contributed by atoms with E-state index in [1.807, 2.05) is 36.4 Å². The molecule has 0 heterocycles. The number of nitrogens with one attached hydrogen (secondary N) is 1. The first-order valence-electron chi connectivity index (χ1n) is 6.92. The molecule has 0 aromatic heterocycles. The summed E-state index contributed by atoms with van der Waals surface area (Å²) in [7, 11) is 1.62.